The minimum atomic E-state index is -1.39. The van der Waals surface area contributed by atoms with Crippen LogP contribution in [0.2, 0.25) is 10.0 Å². The molecule has 1 N–H and O–H groups in total. The Kier molecular flexibility index (Phi) is 3.50. The molecule has 1 aromatic carbocycles. The Hall–Kier alpha value is -1.65. The normalized spacial score (nSPS) is 10.4. The van der Waals surface area contributed by atoms with Crippen molar-refractivity contribution in [3.63, 3.8) is 0 Å². The van der Waals surface area contributed by atoms with E-state index in [9.17, 15) is 9.18 Å². The second kappa shape index (κ2) is 4.92. The minimum absolute atomic E-state index is 0.0926. The van der Waals surface area contributed by atoms with Gasteiger partial charge in [-0.3, -0.25) is 4.98 Å². The van der Waals surface area contributed by atoms with Crippen LogP contribution in [0.5, 0.6) is 0 Å². The fourth-order valence-corrected chi connectivity index (χ4v) is 1.95. The average molecular weight is 286 g/mol. The van der Waals surface area contributed by atoms with E-state index in [1.165, 1.54) is 18.3 Å². The predicted molar refractivity (Wildman–Crippen MR) is 66.6 cm³/mol. The molecule has 0 aliphatic heterocycles. The van der Waals surface area contributed by atoms with E-state index in [0.717, 1.165) is 6.20 Å². The maximum atomic E-state index is 13.5. The third kappa shape index (κ3) is 2.30. The van der Waals surface area contributed by atoms with Gasteiger partial charge >= 0.3 is 5.97 Å². The lowest BCUT2D eigenvalue weighted by atomic mass is 10.0. The van der Waals surface area contributed by atoms with E-state index in [4.69, 9.17) is 28.3 Å². The highest BCUT2D eigenvalue weighted by molar-refractivity contribution is 6.35. The van der Waals surface area contributed by atoms with Crippen LogP contribution in [-0.2, 0) is 0 Å². The number of benzene rings is 1. The number of aromatic nitrogens is 1. The Labute approximate surface area is 112 Å². The molecule has 3 nitrogen and oxygen atoms in total. The average Bonchev–Trinajstić information content (AvgIpc) is 2.31. The van der Waals surface area contributed by atoms with E-state index in [2.05, 4.69) is 4.98 Å². The topological polar surface area (TPSA) is 50.2 Å². The summed E-state index contributed by atoms with van der Waals surface area (Å²) in [5.74, 6) is -2.31. The van der Waals surface area contributed by atoms with Gasteiger partial charge in [0.15, 0.2) is 5.82 Å². The molecule has 6 heteroatoms. The molecule has 2 aromatic rings. The van der Waals surface area contributed by atoms with Crippen molar-refractivity contribution < 1.29 is 14.3 Å². The van der Waals surface area contributed by atoms with E-state index in [0.29, 0.717) is 10.6 Å². The number of carbonyl (C=O) groups is 1. The van der Waals surface area contributed by atoms with Crippen LogP contribution in [0.1, 0.15) is 10.4 Å². The van der Waals surface area contributed by atoms with Crippen molar-refractivity contribution in [3.8, 4) is 11.1 Å². The van der Waals surface area contributed by atoms with Crippen LogP contribution in [0.15, 0.2) is 30.6 Å². The van der Waals surface area contributed by atoms with Gasteiger partial charge in [-0.1, -0.05) is 23.2 Å². The van der Waals surface area contributed by atoms with Crippen LogP contribution >= 0.6 is 23.2 Å². The van der Waals surface area contributed by atoms with Gasteiger partial charge in [-0.25, -0.2) is 9.18 Å². The first-order valence-corrected chi connectivity index (χ1v) is 5.58. The summed E-state index contributed by atoms with van der Waals surface area (Å²) >= 11 is 11.8. The van der Waals surface area contributed by atoms with Crippen molar-refractivity contribution in [1.29, 1.82) is 0 Å². The first kappa shape index (κ1) is 12.8. The molecule has 0 saturated carbocycles. The molecule has 0 aliphatic carbocycles. The number of carboxylic acid groups (broad SMARTS) is 1. The van der Waals surface area contributed by atoms with Gasteiger partial charge in [-0.15, -0.1) is 0 Å². The molecule has 0 atom stereocenters. The molecule has 0 unspecified atom stereocenters. The number of aromatic carboxylic acids is 1. The van der Waals surface area contributed by atoms with Crippen molar-refractivity contribution in [2.45, 2.75) is 0 Å². The predicted octanol–water partition coefficient (Wildman–Crippen LogP) is 3.89. The van der Waals surface area contributed by atoms with Gasteiger partial charge in [-0.2, -0.15) is 0 Å². The van der Waals surface area contributed by atoms with E-state index < -0.39 is 17.3 Å². The Morgan fingerprint density at radius 1 is 1.22 bits per heavy atom. The number of nitrogens with zero attached hydrogens (tertiary/aromatic N) is 1. The number of rotatable bonds is 2. The Balaban J connectivity index is 2.75. The zero-order valence-corrected chi connectivity index (χ0v) is 10.3. The lowest BCUT2D eigenvalue weighted by Crippen LogP contribution is -2.04. The molecule has 1 heterocycles. The van der Waals surface area contributed by atoms with Crippen molar-refractivity contribution in [1.82, 2.24) is 4.98 Å². The smallest absolute Gasteiger partial charge is 0.339 e. The summed E-state index contributed by atoms with van der Waals surface area (Å²) in [6.07, 6.45) is 2.08. The molecule has 0 spiro atoms. The largest absolute Gasteiger partial charge is 0.478 e. The molecular formula is C12H6Cl2FNO2. The summed E-state index contributed by atoms with van der Waals surface area (Å²) in [7, 11) is 0. The summed E-state index contributed by atoms with van der Waals surface area (Å²) in [5.41, 5.74) is -0.0577. The minimum Gasteiger partial charge on any atom is -0.478 e. The number of pyridine rings is 1. The second-order valence-corrected chi connectivity index (χ2v) is 4.32. The second-order valence-electron chi connectivity index (χ2n) is 3.47. The van der Waals surface area contributed by atoms with Crippen LogP contribution in [0.3, 0.4) is 0 Å². The maximum absolute atomic E-state index is 13.5. The summed E-state index contributed by atoms with van der Waals surface area (Å²) in [5, 5.41) is 9.67. The highest BCUT2D eigenvalue weighted by Crippen LogP contribution is 2.33. The van der Waals surface area contributed by atoms with Crippen molar-refractivity contribution in [2.24, 2.45) is 0 Å². The van der Waals surface area contributed by atoms with Crippen molar-refractivity contribution in [3.05, 3.63) is 52.0 Å². The van der Waals surface area contributed by atoms with Crippen LogP contribution in [0, 0.1) is 5.82 Å². The lowest BCUT2D eigenvalue weighted by Gasteiger charge is -2.08. The fourth-order valence-electron chi connectivity index (χ4n) is 1.56. The van der Waals surface area contributed by atoms with Gasteiger partial charge in [-0.05, 0) is 18.2 Å². The molecule has 2 rings (SSSR count). The van der Waals surface area contributed by atoms with Gasteiger partial charge in [0.05, 0.1) is 6.20 Å². The number of hydrogen-bond donors (Lipinski definition) is 1. The summed E-state index contributed by atoms with van der Waals surface area (Å²) in [6, 6.07) is 4.53. The number of carboxylic acids is 1. The van der Waals surface area contributed by atoms with Crippen molar-refractivity contribution >= 4 is 29.2 Å². The number of halogens is 3. The lowest BCUT2D eigenvalue weighted by molar-refractivity contribution is 0.0692. The van der Waals surface area contributed by atoms with Gasteiger partial charge < -0.3 is 5.11 Å². The van der Waals surface area contributed by atoms with Gasteiger partial charge in [0.2, 0.25) is 0 Å². The molecular weight excluding hydrogens is 280 g/mol. The number of hydrogen-bond acceptors (Lipinski definition) is 2. The highest BCUT2D eigenvalue weighted by Gasteiger charge is 2.19. The van der Waals surface area contributed by atoms with Crippen LogP contribution < -0.4 is 0 Å². The Bertz CT molecular complexity index is 631. The molecule has 1 aromatic heterocycles. The van der Waals surface area contributed by atoms with Crippen LogP contribution in [-0.4, -0.2) is 16.1 Å². The fraction of sp³-hybridized carbons (Fsp3) is 0. The third-order valence-corrected chi connectivity index (χ3v) is 2.90. The zero-order chi connectivity index (χ0) is 13.3. The standard InChI is InChI=1S/C12H6Cl2FNO2/c13-6-1-2-9(14)7(3-6)8-4-16-5-10(15)11(8)12(17)18/h1-5H,(H,17,18). The first-order chi connectivity index (χ1) is 8.50. The molecule has 0 bridgehead atoms. The molecule has 0 saturated heterocycles. The van der Waals surface area contributed by atoms with Gasteiger partial charge in [0, 0.05) is 27.4 Å². The third-order valence-electron chi connectivity index (χ3n) is 2.33. The summed E-state index contributed by atoms with van der Waals surface area (Å²) < 4.78 is 13.5. The molecule has 0 fully saturated rings. The Morgan fingerprint density at radius 2 is 1.94 bits per heavy atom. The van der Waals surface area contributed by atoms with E-state index in [1.807, 2.05) is 0 Å². The molecule has 92 valence electrons. The van der Waals surface area contributed by atoms with Crippen LogP contribution in [0.25, 0.3) is 11.1 Å². The van der Waals surface area contributed by atoms with Crippen molar-refractivity contribution in [2.75, 3.05) is 0 Å². The summed E-state index contributed by atoms with van der Waals surface area (Å²) in [6.45, 7) is 0. The van der Waals surface area contributed by atoms with E-state index >= 15 is 0 Å². The molecule has 0 radical (unpaired) electrons. The first-order valence-electron chi connectivity index (χ1n) is 4.83. The maximum Gasteiger partial charge on any atom is 0.339 e. The van der Waals surface area contributed by atoms with E-state index in [1.54, 1.807) is 6.07 Å². The van der Waals surface area contributed by atoms with Gasteiger partial charge in [0.25, 0.3) is 0 Å². The molecule has 0 aliphatic rings. The highest BCUT2D eigenvalue weighted by atomic mass is 35.5. The van der Waals surface area contributed by atoms with E-state index in [-0.39, 0.29) is 10.6 Å². The monoisotopic (exact) mass is 285 g/mol. The summed E-state index contributed by atoms with van der Waals surface area (Å²) in [4.78, 5) is 14.7. The zero-order valence-electron chi connectivity index (χ0n) is 8.82. The quantitative estimate of drug-likeness (QED) is 0.911. The van der Waals surface area contributed by atoms with Gasteiger partial charge in [0.1, 0.15) is 5.56 Å². The molecule has 18 heavy (non-hydrogen) atoms. The van der Waals surface area contributed by atoms with Crippen LogP contribution in [0.4, 0.5) is 4.39 Å². The SMILES string of the molecule is O=C(O)c1c(F)cncc1-c1cc(Cl)ccc1Cl. The Morgan fingerprint density at radius 3 is 2.61 bits per heavy atom. The molecule has 0 amide bonds.